The number of nitrogens with zero attached hydrogens (tertiary/aromatic N) is 4. The van der Waals surface area contributed by atoms with Crippen LogP contribution in [0.1, 0.15) is 39.1 Å². The first kappa shape index (κ1) is 16.1. The molecule has 23 heavy (non-hydrogen) atoms. The number of alkyl halides is 1. The number of aromatic nitrogens is 3. The number of halogens is 1. The predicted molar refractivity (Wildman–Crippen MR) is 88.5 cm³/mol. The Labute approximate surface area is 140 Å². The summed E-state index contributed by atoms with van der Waals surface area (Å²) in [7, 11) is 0. The van der Waals surface area contributed by atoms with Crippen molar-refractivity contribution in [2.24, 2.45) is 0 Å². The van der Waals surface area contributed by atoms with E-state index in [1.165, 1.54) is 0 Å². The lowest BCUT2D eigenvalue weighted by Gasteiger charge is -2.24. The fourth-order valence-corrected chi connectivity index (χ4v) is 3.09. The molecule has 1 amide bonds. The molecule has 1 saturated heterocycles. The van der Waals surface area contributed by atoms with E-state index in [9.17, 15) is 4.79 Å². The molecule has 0 aromatic carbocycles. The van der Waals surface area contributed by atoms with E-state index in [4.69, 9.17) is 16.3 Å². The number of ether oxygens (including phenoxy) is 1. The summed E-state index contributed by atoms with van der Waals surface area (Å²) in [4.78, 5) is 22.9. The lowest BCUT2D eigenvalue weighted by Crippen LogP contribution is -2.35. The fraction of sp³-hybridized carbons (Fsp3) is 0.562. The van der Waals surface area contributed by atoms with Gasteiger partial charge in [-0.1, -0.05) is 0 Å². The van der Waals surface area contributed by atoms with Crippen LogP contribution in [0.5, 0.6) is 0 Å². The number of hydrogen-bond donors (Lipinski definition) is 0. The summed E-state index contributed by atoms with van der Waals surface area (Å²) >= 11 is 6.05. The number of imidazole rings is 1. The van der Waals surface area contributed by atoms with Crippen molar-refractivity contribution in [1.82, 2.24) is 19.4 Å². The van der Waals surface area contributed by atoms with E-state index in [-0.39, 0.29) is 12.1 Å². The fourth-order valence-electron chi connectivity index (χ4n) is 2.90. The average Bonchev–Trinajstić information content (AvgIpc) is 3.09. The third-order valence-electron chi connectivity index (χ3n) is 3.82. The summed E-state index contributed by atoms with van der Waals surface area (Å²) in [6, 6.07) is 3.91. The zero-order chi connectivity index (χ0) is 16.6. The molecule has 3 rings (SSSR count). The smallest absolute Gasteiger partial charge is 0.410 e. The molecule has 6 nitrogen and oxygen atoms in total. The van der Waals surface area contributed by atoms with Gasteiger partial charge in [-0.15, -0.1) is 11.6 Å². The maximum Gasteiger partial charge on any atom is 0.410 e. The van der Waals surface area contributed by atoms with Gasteiger partial charge >= 0.3 is 6.09 Å². The number of fused-ring (bicyclic) bond motifs is 1. The SMILES string of the molecule is CC(C)(C)OC(=O)N1CC[C@@H](n2c(CCl)nc3cccnc32)C1. The molecular formula is C16H21ClN4O2. The Morgan fingerprint density at radius 2 is 2.26 bits per heavy atom. The van der Waals surface area contributed by atoms with E-state index in [0.29, 0.717) is 19.0 Å². The Morgan fingerprint density at radius 3 is 2.96 bits per heavy atom. The zero-order valence-corrected chi connectivity index (χ0v) is 14.4. The minimum Gasteiger partial charge on any atom is -0.444 e. The van der Waals surface area contributed by atoms with Crippen molar-refractivity contribution in [3.8, 4) is 0 Å². The van der Waals surface area contributed by atoms with E-state index in [1.54, 1.807) is 11.1 Å². The van der Waals surface area contributed by atoms with E-state index < -0.39 is 5.60 Å². The first-order valence-electron chi connectivity index (χ1n) is 7.75. The van der Waals surface area contributed by atoms with Crippen molar-refractivity contribution in [2.45, 2.75) is 44.7 Å². The number of rotatable bonds is 2. The summed E-state index contributed by atoms with van der Waals surface area (Å²) in [6.45, 7) is 6.86. The number of carbonyl (C=O) groups is 1. The second kappa shape index (κ2) is 6.00. The quantitative estimate of drug-likeness (QED) is 0.789. The molecule has 0 bridgehead atoms. The Kier molecular flexibility index (Phi) is 4.19. The number of carbonyl (C=O) groups excluding carboxylic acids is 1. The summed E-state index contributed by atoms with van der Waals surface area (Å²) in [5.74, 6) is 1.11. The molecule has 0 aliphatic carbocycles. The maximum atomic E-state index is 12.2. The molecule has 0 radical (unpaired) electrons. The van der Waals surface area contributed by atoms with E-state index >= 15 is 0 Å². The standard InChI is InChI=1S/C16H21ClN4O2/c1-16(2,3)23-15(22)20-8-6-11(10-20)21-13(9-17)19-12-5-4-7-18-14(12)21/h4-5,7,11H,6,8-10H2,1-3H3/t11-/m1/s1. The van der Waals surface area contributed by atoms with Crippen LogP contribution in [-0.2, 0) is 10.6 Å². The average molecular weight is 337 g/mol. The molecule has 0 N–H and O–H groups in total. The first-order valence-corrected chi connectivity index (χ1v) is 8.28. The van der Waals surface area contributed by atoms with Crippen molar-refractivity contribution in [2.75, 3.05) is 13.1 Å². The molecule has 1 fully saturated rings. The van der Waals surface area contributed by atoms with Crippen LogP contribution in [0.25, 0.3) is 11.2 Å². The van der Waals surface area contributed by atoms with Crippen molar-refractivity contribution in [1.29, 1.82) is 0 Å². The van der Waals surface area contributed by atoms with Crippen molar-refractivity contribution >= 4 is 28.9 Å². The Hall–Kier alpha value is -1.82. The van der Waals surface area contributed by atoms with Gasteiger partial charge in [0.15, 0.2) is 5.65 Å². The molecule has 1 atom stereocenters. The second-order valence-corrected chi connectivity index (χ2v) is 7.01. The molecule has 2 aromatic rings. The monoisotopic (exact) mass is 336 g/mol. The van der Waals surface area contributed by atoms with Crippen LogP contribution < -0.4 is 0 Å². The highest BCUT2D eigenvalue weighted by Crippen LogP contribution is 2.28. The lowest BCUT2D eigenvalue weighted by atomic mass is 10.2. The number of pyridine rings is 1. The van der Waals surface area contributed by atoms with Gasteiger partial charge in [0.05, 0.1) is 11.9 Å². The van der Waals surface area contributed by atoms with Gasteiger partial charge in [-0.05, 0) is 39.3 Å². The van der Waals surface area contributed by atoms with Gasteiger partial charge in [-0.3, -0.25) is 0 Å². The van der Waals surface area contributed by atoms with Crippen molar-refractivity contribution in [3.63, 3.8) is 0 Å². The molecule has 1 aliphatic heterocycles. The summed E-state index contributed by atoms with van der Waals surface area (Å²) in [6.07, 6.45) is 2.31. The number of likely N-dealkylation sites (tertiary alicyclic amines) is 1. The lowest BCUT2D eigenvalue weighted by molar-refractivity contribution is 0.0289. The molecule has 0 spiro atoms. The Morgan fingerprint density at radius 1 is 1.48 bits per heavy atom. The first-order chi connectivity index (χ1) is 10.9. The van der Waals surface area contributed by atoms with Gasteiger partial charge in [0.1, 0.15) is 16.9 Å². The molecule has 124 valence electrons. The molecule has 1 aliphatic rings. The van der Waals surface area contributed by atoms with Crippen LogP contribution >= 0.6 is 11.6 Å². The highest BCUT2D eigenvalue weighted by atomic mass is 35.5. The van der Waals surface area contributed by atoms with Gasteiger partial charge in [0, 0.05) is 19.3 Å². The Balaban J connectivity index is 1.83. The van der Waals surface area contributed by atoms with Crippen molar-refractivity contribution in [3.05, 3.63) is 24.2 Å². The van der Waals surface area contributed by atoms with Gasteiger partial charge in [0.2, 0.25) is 0 Å². The van der Waals surface area contributed by atoms with Crippen LogP contribution in [-0.4, -0.2) is 44.2 Å². The zero-order valence-electron chi connectivity index (χ0n) is 13.6. The minimum atomic E-state index is -0.486. The topological polar surface area (TPSA) is 60.2 Å². The Bertz CT molecular complexity index is 722. The maximum absolute atomic E-state index is 12.2. The van der Waals surface area contributed by atoms with Crippen LogP contribution in [0.4, 0.5) is 4.79 Å². The van der Waals surface area contributed by atoms with Crippen LogP contribution in [0.15, 0.2) is 18.3 Å². The third-order valence-corrected chi connectivity index (χ3v) is 4.06. The van der Waals surface area contributed by atoms with Crippen LogP contribution in [0, 0.1) is 0 Å². The second-order valence-electron chi connectivity index (χ2n) is 6.75. The van der Waals surface area contributed by atoms with Gasteiger partial charge in [-0.2, -0.15) is 0 Å². The predicted octanol–water partition coefficient (Wildman–Crippen LogP) is 3.35. The van der Waals surface area contributed by atoms with Gasteiger partial charge in [0.25, 0.3) is 0 Å². The summed E-state index contributed by atoms with van der Waals surface area (Å²) < 4.78 is 7.51. The minimum absolute atomic E-state index is 0.121. The largest absolute Gasteiger partial charge is 0.444 e. The molecule has 3 heterocycles. The number of amides is 1. The highest BCUT2D eigenvalue weighted by Gasteiger charge is 2.32. The highest BCUT2D eigenvalue weighted by molar-refractivity contribution is 6.16. The van der Waals surface area contributed by atoms with Crippen molar-refractivity contribution < 1.29 is 9.53 Å². The van der Waals surface area contributed by atoms with E-state index in [1.807, 2.05) is 32.9 Å². The summed E-state index contributed by atoms with van der Waals surface area (Å²) in [5.41, 5.74) is 1.16. The molecule has 0 unspecified atom stereocenters. The molecule has 2 aromatic heterocycles. The van der Waals surface area contributed by atoms with E-state index in [2.05, 4.69) is 14.5 Å². The van der Waals surface area contributed by atoms with Gasteiger partial charge < -0.3 is 14.2 Å². The third kappa shape index (κ3) is 3.27. The van der Waals surface area contributed by atoms with E-state index in [0.717, 1.165) is 23.4 Å². The normalized spacial score (nSPS) is 18.6. The molecule has 0 saturated carbocycles. The summed E-state index contributed by atoms with van der Waals surface area (Å²) in [5, 5.41) is 0. The number of hydrogen-bond acceptors (Lipinski definition) is 4. The van der Waals surface area contributed by atoms with Crippen LogP contribution in [0.2, 0.25) is 0 Å². The van der Waals surface area contributed by atoms with Gasteiger partial charge in [-0.25, -0.2) is 14.8 Å². The van der Waals surface area contributed by atoms with Crippen LogP contribution in [0.3, 0.4) is 0 Å². The molecule has 7 heteroatoms. The molecular weight excluding hydrogens is 316 g/mol.